The van der Waals surface area contributed by atoms with Crippen LogP contribution < -0.4 is 4.18 Å². The van der Waals surface area contributed by atoms with Crippen LogP contribution in [0.2, 0.25) is 10.0 Å². The first-order valence-electron chi connectivity index (χ1n) is 6.19. The zero-order valence-electron chi connectivity index (χ0n) is 11.3. The number of tetrazole rings is 1. The number of benzene rings is 2. The summed E-state index contributed by atoms with van der Waals surface area (Å²) in [6.45, 7) is 0. The van der Waals surface area contributed by atoms with Gasteiger partial charge in [-0.15, -0.1) is 5.10 Å². The molecule has 3 aromatic rings. The molecule has 0 fully saturated rings. The maximum absolute atomic E-state index is 12.2. The number of nitrogens with zero attached hydrogens (tertiary/aromatic N) is 4. The second-order valence-electron chi connectivity index (χ2n) is 4.36. The zero-order valence-corrected chi connectivity index (χ0v) is 13.6. The van der Waals surface area contributed by atoms with Crippen molar-refractivity contribution < 1.29 is 12.6 Å². The fourth-order valence-corrected chi connectivity index (χ4v) is 3.06. The predicted octanol–water partition coefficient (Wildman–Crippen LogP) is 2.74. The molecule has 0 aliphatic rings. The number of aromatic nitrogens is 4. The highest BCUT2D eigenvalue weighted by molar-refractivity contribution is 7.87. The average molecular weight is 371 g/mol. The molecular weight excluding hydrogens is 363 g/mol. The lowest BCUT2D eigenvalue weighted by atomic mass is 10.3. The molecule has 0 saturated carbocycles. The molecule has 23 heavy (non-hydrogen) atoms. The van der Waals surface area contributed by atoms with E-state index in [1.807, 2.05) is 0 Å². The van der Waals surface area contributed by atoms with Crippen LogP contribution >= 0.6 is 23.2 Å². The Balaban J connectivity index is 1.84. The molecule has 2 aromatic carbocycles. The first-order valence-corrected chi connectivity index (χ1v) is 8.35. The lowest BCUT2D eigenvalue weighted by molar-refractivity contribution is 0.486. The Labute approximate surface area is 141 Å². The summed E-state index contributed by atoms with van der Waals surface area (Å²) in [7, 11) is -4.01. The van der Waals surface area contributed by atoms with Crippen molar-refractivity contribution in [3.8, 4) is 11.4 Å². The van der Waals surface area contributed by atoms with Gasteiger partial charge in [-0.25, -0.2) is 4.68 Å². The second-order valence-corrected chi connectivity index (χ2v) is 6.72. The van der Waals surface area contributed by atoms with E-state index in [2.05, 4.69) is 15.5 Å². The van der Waals surface area contributed by atoms with Crippen molar-refractivity contribution in [2.75, 3.05) is 0 Å². The SMILES string of the molecule is O=S(=O)(Oc1ccc(-n2cnnn2)cc1)c1ccc(Cl)c(Cl)c1. The molecule has 118 valence electrons. The fraction of sp³-hybridized carbons (Fsp3) is 0. The predicted molar refractivity (Wildman–Crippen MR) is 83.4 cm³/mol. The van der Waals surface area contributed by atoms with Crippen LogP contribution in [0.1, 0.15) is 0 Å². The lowest BCUT2D eigenvalue weighted by Crippen LogP contribution is -2.09. The van der Waals surface area contributed by atoms with E-state index in [9.17, 15) is 8.42 Å². The summed E-state index contributed by atoms with van der Waals surface area (Å²) in [4.78, 5) is -0.0866. The van der Waals surface area contributed by atoms with Crippen LogP contribution in [0.4, 0.5) is 0 Å². The van der Waals surface area contributed by atoms with Crippen molar-refractivity contribution in [1.82, 2.24) is 20.2 Å². The van der Waals surface area contributed by atoms with E-state index in [1.165, 1.54) is 41.3 Å². The topological polar surface area (TPSA) is 87.0 Å². The maximum Gasteiger partial charge on any atom is 0.339 e. The zero-order chi connectivity index (χ0) is 16.4. The Bertz CT molecular complexity index is 928. The first-order chi connectivity index (χ1) is 11.0. The van der Waals surface area contributed by atoms with E-state index in [0.29, 0.717) is 5.69 Å². The van der Waals surface area contributed by atoms with Crippen LogP contribution in [-0.2, 0) is 10.1 Å². The molecule has 0 unspecified atom stereocenters. The third-order valence-corrected chi connectivity index (χ3v) is 4.82. The first kappa shape index (κ1) is 15.7. The summed E-state index contributed by atoms with van der Waals surface area (Å²) in [5.74, 6) is 0.146. The molecule has 0 aliphatic carbocycles. The summed E-state index contributed by atoms with van der Waals surface area (Å²) in [6.07, 6.45) is 1.42. The minimum absolute atomic E-state index is 0.0866. The maximum atomic E-state index is 12.2. The Kier molecular flexibility index (Phi) is 4.20. The molecule has 1 heterocycles. The van der Waals surface area contributed by atoms with Crippen LogP contribution in [0, 0.1) is 0 Å². The van der Waals surface area contributed by atoms with Gasteiger partial charge in [0.25, 0.3) is 0 Å². The van der Waals surface area contributed by atoms with Crippen molar-refractivity contribution in [3.63, 3.8) is 0 Å². The van der Waals surface area contributed by atoms with Crippen LogP contribution in [-0.4, -0.2) is 28.6 Å². The van der Waals surface area contributed by atoms with Gasteiger partial charge in [0.05, 0.1) is 15.7 Å². The molecule has 1 aromatic heterocycles. The van der Waals surface area contributed by atoms with Gasteiger partial charge < -0.3 is 4.18 Å². The molecule has 0 amide bonds. The number of hydrogen-bond acceptors (Lipinski definition) is 6. The van der Waals surface area contributed by atoms with Crippen molar-refractivity contribution in [3.05, 3.63) is 58.8 Å². The molecule has 0 radical (unpaired) electrons. The van der Waals surface area contributed by atoms with E-state index >= 15 is 0 Å². The van der Waals surface area contributed by atoms with E-state index in [-0.39, 0.29) is 20.7 Å². The quantitative estimate of drug-likeness (QED) is 0.656. The van der Waals surface area contributed by atoms with Gasteiger partial charge in [0.2, 0.25) is 0 Å². The van der Waals surface area contributed by atoms with Crippen molar-refractivity contribution in [2.24, 2.45) is 0 Å². The number of rotatable bonds is 4. The standard InChI is InChI=1S/C13H8Cl2N4O3S/c14-12-6-5-11(7-13(12)15)23(20,21)22-10-3-1-9(2-4-10)19-8-16-17-18-19/h1-8H. The fourth-order valence-electron chi connectivity index (χ4n) is 1.74. The van der Waals surface area contributed by atoms with Crippen LogP contribution in [0.25, 0.3) is 5.69 Å². The minimum Gasteiger partial charge on any atom is -0.379 e. The lowest BCUT2D eigenvalue weighted by Gasteiger charge is -2.08. The molecular formula is C13H8Cl2N4O3S. The Morgan fingerprint density at radius 2 is 1.74 bits per heavy atom. The van der Waals surface area contributed by atoms with Gasteiger partial charge in [0, 0.05) is 0 Å². The van der Waals surface area contributed by atoms with E-state index in [0.717, 1.165) is 0 Å². The monoisotopic (exact) mass is 370 g/mol. The molecule has 0 bridgehead atoms. The van der Waals surface area contributed by atoms with E-state index < -0.39 is 10.1 Å². The molecule has 10 heteroatoms. The minimum atomic E-state index is -4.01. The molecule has 0 atom stereocenters. The van der Waals surface area contributed by atoms with E-state index in [1.54, 1.807) is 12.1 Å². The summed E-state index contributed by atoms with van der Waals surface area (Å²) >= 11 is 11.6. The molecule has 0 aliphatic heterocycles. The Morgan fingerprint density at radius 1 is 1.00 bits per heavy atom. The Morgan fingerprint density at radius 3 is 2.35 bits per heavy atom. The van der Waals surface area contributed by atoms with Crippen LogP contribution in [0.15, 0.2) is 53.7 Å². The highest BCUT2D eigenvalue weighted by Crippen LogP contribution is 2.27. The average Bonchev–Trinajstić information content (AvgIpc) is 3.04. The van der Waals surface area contributed by atoms with Gasteiger partial charge in [-0.05, 0) is 52.9 Å². The summed E-state index contributed by atoms with van der Waals surface area (Å²) in [6, 6.07) is 10.2. The van der Waals surface area contributed by atoms with Gasteiger partial charge in [0.15, 0.2) is 0 Å². The van der Waals surface area contributed by atoms with Gasteiger partial charge in [-0.2, -0.15) is 8.42 Å². The highest BCUT2D eigenvalue weighted by atomic mass is 35.5. The van der Waals surface area contributed by atoms with Gasteiger partial charge in [-0.1, -0.05) is 23.2 Å². The summed E-state index contributed by atoms with van der Waals surface area (Å²) < 4.78 is 30.9. The molecule has 0 spiro atoms. The van der Waals surface area contributed by atoms with Gasteiger partial charge in [0.1, 0.15) is 17.0 Å². The third kappa shape index (κ3) is 3.44. The molecule has 0 saturated heterocycles. The van der Waals surface area contributed by atoms with Crippen LogP contribution in [0.3, 0.4) is 0 Å². The smallest absolute Gasteiger partial charge is 0.339 e. The van der Waals surface area contributed by atoms with Crippen molar-refractivity contribution in [2.45, 2.75) is 4.90 Å². The van der Waals surface area contributed by atoms with Crippen molar-refractivity contribution >= 4 is 33.3 Å². The highest BCUT2D eigenvalue weighted by Gasteiger charge is 2.18. The normalized spacial score (nSPS) is 11.4. The summed E-state index contributed by atoms with van der Waals surface area (Å²) in [5.41, 5.74) is 0.661. The van der Waals surface area contributed by atoms with Crippen LogP contribution in [0.5, 0.6) is 5.75 Å². The Hall–Kier alpha value is -2.16. The molecule has 3 rings (SSSR count). The van der Waals surface area contributed by atoms with Crippen molar-refractivity contribution in [1.29, 1.82) is 0 Å². The molecule has 7 nitrogen and oxygen atoms in total. The second kappa shape index (κ2) is 6.15. The van der Waals surface area contributed by atoms with Gasteiger partial charge in [-0.3, -0.25) is 0 Å². The molecule has 0 N–H and O–H groups in total. The van der Waals surface area contributed by atoms with E-state index in [4.69, 9.17) is 27.4 Å². The largest absolute Gasteiger partial charge is 0.379 e. The summed E-state index contributed by atoms with van der Waals surface area (Å²) in [5, 5.41) is 11.2. The number of hydrogen-bond donors (Lipinski definition) is 0. The number of halogens is 2. The van der Waals surface area contributed by atoms with Gasteiger partial charge >= 0.3 is 10.1 Å². The third-order valence-electron chi connectivity index (χ3n) is 2.84.